The van der Waals surface area contributed by atoms with Crippen molar-refractivity contribution in [2.75, 3.05) is 0 Å². The molecule has 0 radical (unpaired) electrons. The molecular formula is C15H17Cl2N. The first kappa shape index (κ1) is 12.4. The molecule has 3 rings (SSSR count). The second kappa shape index (κ2) is 4.79. The fraction of sp³-hybridized carbons (Fsp3) is 0.467. The van der Waals surface area contributed by atoms with Gasteiger partial charge in [0.2, 0.25) is 0 Å². The van der Waals surface area contributed by atoms with Crippen LogP contribution in [0.4, 0.5) is 0 Å². The fourth-order valence-electron chi connectivity index (χ4n) is 3.17. The van der Waals surface area contributed by atoms with Crippen LogP contribution in [0.25, 0.3) is 10.9 Å². The van der Waals surface area contributed by atoms with Crippen molar-refractivity contribution in [3.8, 4) is 0 Å². The van der Waals surface area contributed by atoms with Gasteiger partial charge in [-0.25, -0.2) is 0 Å². The molecule has 96 valence electrons. The van der Waals surface area contributed by atoms with Gasteiger partial charge in [0.05, 0.1) is 10.5 Å². The standard InChI is InChI=1S/C15H17Cl2N/c1-2-3-9-4-5-14-11(6-9)12-7-10(16)8-13(17)15(12)18-14/h7-9,18H,2-6H2,1H3. The van der Waals surface area contributed by atoms with Gasteiger partial charge in [0, 0.05) is 16.1 Å². The van der Waals surface area contributed by atoms with Gasteiger partial charge in [-0.2, -0.15) is 0 Å². The molecule has 1 nitrogen and oxygen atoms in total. The van der Waals surface area contributed by atoms with E-state index in [1.165, 1.54) is 42.3 Å². The summed E-state index contributed by atoms with van der Waals surface area (Å²) in [7, 11) is 0. The number of benzene rings is 1. The Balaban J connectivity index is 2.09. The van der Waals surface area contributed by atoms with Gasteiger partial charge >= 0.3 is 0 Å². The molecule has 0 spiro atoms. The molecule has 2 aromatic rings. The first-order valence-corrected chi connectivity index (χ1v) is 7.43. The lowest BCUT2D eigenvalue weighted by molar-refractivity contribution is 0.422. The van der Waals surface area contributed by atoms with E-state index in [2.05, 4.69) is 11.9 Å². The maximum Gasteiger partial charge on any atom is 0.0662 e. The molecule has 1 unspecified atom stereocenters. The van der Waals surface area contributed by atoms with Gasteiger partial charge in [-0.05, 0) is 42.9 Å². The Morgan fingerprint density at radius 1 is 1.33 bits per heavy atom. The van der Waals surface area contributed by atoms with E-state index in [-0.39, 0.29) is 0 Å². The maximum atomic E-state index is 6.26. The van der Waals surface area contributed by atoms with E-state index in [1.807, 2.05) is 12.1 Å². The van der Waals surface area contributed by atoms with Crippen LogP contribution >= 0.6 is 23.2 Å². The third-order valence-electron chi connectivity index (χ3n) is 4.01. The van der Waals surface area contributed by atoms with Crippen LogP contribution in [0.15, 0.2) is 12.1 Å². The highest BCUT2D eigenvalue weighted by Crippen LogP contribution is 2.37. The average molecular weight is 282 g/mol. The summed E-state index contributed by atoms with van der Waals surface area (Å²) in [4.78, 5) is 3.48. The van der Waals surface area contributed by atoms with Crippen LogP contribution in [0.3, 0.4) is 0 Å². The highest BCUT2D eigenvalue weighted by atomic mass is 35.5. The molecule has 0 saturated heterocycles. The van der Waals surface area contributed by atoms with Crippen LogP contribution in [0, 0.1) is 5.92 Å². The van der Waals surface area contributed by atoms with Crippen molar-refractivity contribution >= 4 is 34.1 Å². The Morgan fingerprint density at radius 3 is 2.94 bits per heavy atom. The summed E-state index contributed by atoms with van der Waals surface area (Å²) in [5.41, 5.74) is 3.86. The zero-order chi connectivity index (χ0) is 12.7. The number of aromatic nitrogens is 1. The Labute approximate surface area is 117 Å². The van der Waals surface area contributed by atoms with E-state index in [0.29, 0.717) is 0 Å². The maximum absolute atomic E-state index is 6.26. The number of aryl methyl sites for hydroxylation is 1. The SMILES string of the molecule is CCCC1CCc2[nH]c3c(Cl)cc(Cl)cc3c2C1. The fourth-order valence-corrected chi connectivity index (χ4v) is 3.71. The van der Waals surface area contributed by atoms with Crippen molar-refractivity contribution in [1.29, 1.82) is 0 Å². The summed E-state index contributed by atoms with van der Waals surface area (Å²) in [6, 6.07) is 3.86. The number of nitrogens with one attached hydrogen (secondary N) is 1. The molecule has 1 aromatic carbocycles. The summed E-state index contributed by atoms with van der Waals surface area (Å²) in [5.74, 6) is 0.819. The van der Waals surface area contributed by atoms with Crippen LogP contribution in [0.5, 0.6) is 0 Å². The van der Waals surface area contributed by atoms with Crippen molar-refractivity contribution in [1.82, 2.24) is 4.98 Å². The lowest BCUT2D eigenvalue weighted by atomic mass is 9.84. The van der Waals surface area contributed by atoms with Crippen LogP contribution in [-0.2, 0) is 12.8 Å². The van der Waals surface area contributed by atoms with Gasteiger partial charge in [0.25, 0.3) is 0 Å². The van der Waals surface area contributed by atoms with Crippen LogP contribution < -0.4 is 0 Å². The van der Waals surface area contributed by atoms with Gasteiger partial charge < -0.3 is 4.98 Å². The first-order valence-electron chi connectivity index (χ1n) is 6.67. The van der Waals surface area contributed by atoms with Crippen molar-refractivity contribution in [3.63, 3.8) is 0 Å². The molecule has 1 atom stereocenters. The minimum Gasteiger partial charge on any atom is -0.357 e. The molecule has 1 aliphatic rings. The molecule has 0 amide bonds. The molecule has 0 aliphatic heterocycles. The van der Waals surface area contributed by atoms with Gasteiger partial charge in [0.1, 0.15) is 0 Å². The minimum absolute atomic E-state index is 0.729. The Morgan fingerprint density at radius 2 is 2.17 bits per heavy atom. The summed E-state index contributed by atoms with van der Waals surface area (Å²) in [6.45, 7) is 2.26. The summed E-state index contributed by atoms with van der Waals surface area (Å²) >= 11 is 12.4. The highest BCUT2D eigenvalue weighted by molar-refractivity contribution is 6.38. The van der Waals surface area contributed by atoms with E-state index in [9.17, 15) is 0 Å². The van der Waals surface area contributed by atoms with Gasteiger partial charge in [-0.1, -0.05) is 43.0 Å². The summed E-state index contributed by atoms with van der Waals surface area (Å²) in [5, 5.41) is 2.69. The van der Waals surface area contributed by atoms with Crippen LogP contribution in [0.1, 0.15) is 37.4 Å². The van der Waals surface area contributed by atoms with Crippen LogP contribution in [-0.4, -0.2) is 4.98 Å². The molecule has 1 aliphatic carbocycles. The van der Waals surface area contributed by atoms with Crippen molar-refractivity contribution in [3.05, 3.63) is 33.4 Å². The first-order chi connectivity index (χ1) is 8.69. The zero-order valence-corrected chi connectivity index (χ0v) is 12.0. The smallest absolute Gasteiger partial charge is 0.0662 e. The minimum atomic E-state index is 0.729. The number of halogens is 2. The molecule has 3 heteroatoms. The second-order valence-electron chi connectivity index (χ2n) is 5.29. The number of H-pyrrole nitrogens is 1. The monoisotopic (exact) mass is 281 g/mol. The second-order valence-corrected chi connectivity index (χ2v) is 6.13. The Kier molecular flexibility index (Phi) is 3.29. The average Bonchev–Trinajstić information content (AvgIpc) is 2.68. The molecule has 0 saturated carbocycles. The summed E-state index contributed by atoms with van der Waals surface area (Å²) in [6.07, 6.45) is 6.19. The number of rotatable bonds is 2. The van der Waals surface area contributed by atoms with E-state index in [0.717, 1.165) is 27.9 Å². The molecule has 1 N–H and O–H groups in total. The van der Waals surface area contributed by atoms with Gasteiger partial charge in [-0.15, -0.1) is 0 Å². The largest absolute Gasteiger partial charge is 0.357 e. The molecular weight excluding hydrogens is 265 g/mol. The quantitative estimate of drug-likeness (QED) is 0.761. The van der Waals surface area contributed by atoms with Crippen molar-refractivity contribution < 1.29 is 0 Å². The number of hydrogen-bond donors (Lipinski definition) is 1. The molecule has 1 aromatic heterocycles. The van der Waals surface area contributed by atoms with Crippen molar-refractivity contribution in [2.24, 2.45) is 5.92 Å². The third kappa shape index (κ3) is 2.04. The van der Waals surface area contributed by atoms with E-state index >= 15 is 0 Å². The molecule has 0 bridgehead atoms. The van der Waals surface area contributed by atoms with E-state index < -0.39 is 0 Å². The topological polar surface area (TPSA) is 15.8 Å². The third-order valence-corrected chi connectivity index (χ3v) is 4.53. The normalized spacial score (nSPS) is 19.2. The van der Waals surface area contributed by atoms with Gasteiger partial charge in [0.15, 0.2) is 0 Å². The van der Waals surface area contributed by atoms with E-state index in [4.69, 9.17) is 23.2 Å². The molecule has 1 heterocycles. The van der Waals surface area contributed by atoms with Gasteiger partial charge in [-0.3, -0.25) is 0 Å². The lowest BCUT2D eigenvalue weighted by Gasteiger charge is -2.21. The predicted octanol–water partition coefficient (Wildman–Crippen LogP) is 5.38. The number of aromatic amines is 1. The predicted molar refractivity (Wildman–Crippen MR) is 78.7 cm³/mol. The summed E-state index contributed by atoms with van der Waals surface area (Å²) < 4.78 is 0. The number of fused-ring (bicyclic) bond motifs is 3. The zero-order valence-electron chi connectivity index (χ0n) is 10.5. The van der Waals surface area contributed by atoms with E-state index in [1.54, 1.807) is 0 Å². The Hall–Kier alpha value is -0.660. The molecule has 0 fully saturated rings. The Bertz CT molecular complexity index is 586. The molecule has 18 heavy (non-hydrogen) atoms. The van der Waals surface area contributed by atoms with Crippen molar-refractivity contribution in [2.45, 2.75) is 39.0 Å². The lowest BCUT2D eigenvalue weighted by Crippen LogP contribution is -2.13. The van der Waals surface area contributed by atoms with Crippen LogP contribution in [0.2, 0.25) is 10.0 Å². The number of hydrogen-bond acceptors (Lipinski definition) is 0. The highest BCUT2D eigenvalue weighted by Gasteiger charge is 2.22.